The predicted octanol–water partition coefficient (Wildman–Crippen LogP) is 3.70. The van der Waals surface area contributed by atoms with Gasteiger partial charge in [0.25, 0.3) is 0 Å². The summed E-state index contributed by atoms with van der Waals surface area (Å²) in [5.41, 5.74) is 0.785. The van der Waals surface area contributed by atoms with Crippen LogP contribution < -0.4 is 15.4 Å². The molecule has 9 heteroatoms. The maximum Gasteiger partial charge on any atom is 0.224 e. The van der Waals surface area contributed by atoms with Crippen LogP contribution in [-0.2, 0) is 11.3 Å². The van der Waals surface area contributed by atoms with E-state index in [-0.39, 0.29) is 41.7 Å². The first-order valence-electron chi connectivity index (χ1n) is 10.3. The molecule has 1 aromatic heterocycles. The Hall–Kier alpha value is -2.43. The number of rotatable bonds is 7. The molecule has 1 fully saturated rings. The van der Waals surface area contributed by atoms with Gasteiger partial charge in [-0.1, -0.05) is 19.1 Å². The third-order valence-corrected chi connectivity index (χ3v) is 4.80. The number of nitrogens with zero attached hydrogens (tertiary/aromatic N) is 3. The van der Waals surface area contributed by atoms with E-state index < -0.39 is 0 Å². The lowest BCUT2D eigenvalue weighted by molar-refractivity contribution is -0.129. The van der Waals surface area contributed by atoms with Gasteiger partial charge < -0.3 is 20.3 Å². The molecular weight excluding hydrogens is 512 g/mol. The van der Waals surface area contributed by atoms with Gasteiger partial charge in [-0.05, 0) is 31.5 Å². The summed E-state index contributed by atoms with van der Waals surface area (Å²) in [6, 6.07) is 9.81. The molecule has 1 atom stereocenters. The molecule has 1 saturated heterocycles. The number of guanidine groups is 1. The van der Waals surface area contributed by atoms with Crippen LogP contribution in [0.2, 0.25) is 0 Å². The van der Waals surface area contributed by atoms with E-state index in [1.165, 1.54) is 12.1 Å². The van der Waals surface area contributed by atoms with Crippen molar-refractivity contribution >= 4 is 35.8 Å². The van der Waals surface area contributed by atoms with E-state index in [0.29, 0.717) is 37.1 Å². The second-order valence-electron chi connectivity index (χ2n) is 7.05. The molecule has 0 spiro atoms. The van der Waals surface area contributed by atoms with Gasteiger partial charge in [-0.2, -0.15) is 0 Å². The van der Waals surface area contributed by atoms with Crippen molar-refractivity contribution in [3.63, 3.8) is 0 Å². The number of aliphatic imine (C=N–C) groups is 1. The van der Waals surface area contributed by atoms with Crippen molar-refractivity contribution < 1.29 is 13.9 Å². The Morgan fingerprint density at radius 1 is 1.32 bits per heavy atom. The van der Waals surface area contributed by atoms with Crippen molar-refractivity contribution in [2.75, 3.05) is 19.6 Å². The Kier molecular flexibility index (Phi) is 9.96. The first-order valence-corrected chi connectivity index (χ1v) is 10.3. The Morgan fingerprint density at radius 2 is 2.16 bits per heavy atom. The summed E-state index contributed by atoms with van der Waals surface area (Å²) in [6.45, 7) is 6.39. The van der Waals surface area contributed by atoms with Gasteiger partial charge in [0.1, 0.15) is 11.6 Å². The van der Waals surface area contributed by atoms with E-state index in [1.54, 1.807) is 18.3 Å². The van der Waals surface area contributed by atoms with E-state index in [1.807, 2.05) is 30.9 Å². The van der Waals surface area contributed by atoms with Gasteiger partial charge >= 0.3 is 0 Å². The van der Waals surface area contributed by atoms with Crippen molar-refractivity contribution in [2.24, 2.45) is 4.99 Å². The molecule has 0 saturated carbocycles. The number of nitrogens with one attached hydrogen (secondary N) is 2. The molecule has 31 heavy (non-hydrogen) atoms. The normalized spacial score (nSPS) is 15.9. The zero-order valence-electron chi connectivity index (χ0n) is 17.8. The van der Waals surface area contributed by atoms with E-state index in [0.717, 1.165) is 25.1 Å². The number of hydrogen-bond donors (Lipinski definition) is 2. The minimum absolute atomic E-state index is 0. The van der Waals surface area contributed by atoms with Crippen LogP contribution in [0.3, 0.4) is 0 Å². The van der Waals surface area contributed by atoms with Crippen molar-refractivity contribution in [2.45, 2.75) is 39.3 Å². The lowest BCUT2D eigenvalue weighted by Gasteiger charge is -2.18. The van der Waals surface area contributed by atoms with Crippen molar-refractivity contribution in [3.05, 3.63) is 54.0 Å². The second kappa shape index (κ2) is 12.4. The van der Waals surface area contributed by atoms with Crippen LogP contribution in [-0.4, -0.2) is 47.4 Å². The molecule has 2 heterocycles. The molecular formula is C22H29FIN5O2. The number of hydrogen-bond acceptors (Lipinski definition) is 4. The number of amides is 1. The number of halogens is 2. The summed E-state index contributed by atoms with van der Waals surface area (Å²) in [5, 5.41) is 6.65. The lowest BCUT2D eigenvalue weighted by Crippen LogP contribution is -2.45. The van der Waals surface area contributed by atoms with Gasteiger partial charge in [-0.15, -0.1) is 24.0 Å². The molecule has 1 amide bonds. The van der Waals surface area contributed by atoms with E-state index >= 15 is 0 Å². The highest BCUT2D eigenvalue weighted by molar-refractivity contribution is 14.0. The van der Waals surface area contributed by atoms with Gasteiger partial charge in [-0.3, -0.25) is 4.79 Å². The number of ether oxygens (including phenoxy) is 1. The number of carbonyl (C=O) groups excluding carboxylic acids is 1. The van der Waals surface area contributed by atoms with E-state index in [9.17, 15) is 9.18 Å². The monoisotopic (exact) mass is 541 g/mol. The summed E-state index contributed by atoms with van der Waals surface area (Å²) in [6.07, 6.45) is 3.04. The third kappa shape index (κ3) is 7.34. The lowest BCUT2D eigenvalue weighted by atomic mass is 10.2. The first-order chi connectivity index (χ1) is 14.6. The van der Waals surface area contributed by atoms with Crippen LogP contribution >= 0.6 is 24.0 Å². The first kappa shape index (κ1) is 24.8. The fourth-order valence-electron chi connectivity index (χ4n) is 3.28. The van der Waals surface area contributed by atoms with Crippen LogP contribution in [0.15, 0.2) is 47.6 Å². The molecule has 1 aliphatic heterocycles. The standard InChI is InChI=1S/C22H28FN5O2.HI/c1-3-20(29)28-12-10-18(15-28)27-22(24-4-2)26-14-16-7-6-11-25-21(16)30-19-9-5-8-17(23)13-19;/h5-9,11,13,18H,3-4,10,12,14-15H2,1-2H3,(H2,24,26,27);1H. The Bertz CT molecular complexity index is 896. The van der Waals surface area contributed by atoms with Gasteiger partial charge in [0.2, 0.25) is 11.8 Å². The SMILES string of the molecule is CCNC(=NCc1cccnc1Oc1cccc(F)c1)NC1CCN(C(=O)CC)C1.I. The number of aromatic nitrogens is 1. The van der Waals surface area contributed by atoms with Gasteiger partial charge in [-0.25, -0.2) is 14.4 Å². The third-order valence-electron chi connectivity index (χ3n) is 4.80. The highest BCUT2D eigenvalue weighted by Crippen LogP contribution is 2.24. The Morgan fingerprint density at radius 3 is 2.90 bits per heavy atom. The summed E-state index contributed by atoms with van der Waals surface area (Å²) in [7, 11) is 0. The number of pyridine rings is 1. The van der Waals surface area contributed by atoms with Gasteiger partial charge in [0.15, 0.2) is 5.96 Å². The highest BCUT2D eigenvalue weighted by Gasteiger charge is 2.25. The zero-order valence-corrected chi connectivity index (χ0v) is 20.1. The average Bonchev–Trinajstić information content (AvgIpc) is 3.21. The fourth-order valence-corrected chi connectivity index (χ4v) is 3.28. The van der Waals surface area contributed by atoms with Crippen LogP contribution in [0.4, 0.5) is 4.39 Å². The molecule has 0 aliphatic carbocycles. The smallest absolute Gasteiger partial charge is 0.224 e. The van der Waals surface area contributed by atoms with E-state index in [2.05, 4.69) is 20.6 Å². The van der Waals surface area contributed by atoms with Crippen LogP contribution in [0, 0.1) is 5.82 Å². The Balaban J connectivity index is 0.00000341. The molecule has 168 valence electrons. The Labute approximate surface area is 199 Å². The minimum Gasteiger partial charge on any atom is -0.439 e. The van der Waals surface area contributed by atoms with Crippen molar-refractivity contribution in [3.8, 4) is 11.6 Å². The summed E-state index contributed by atoms with van der Waals surface area (Å²) in [4.78, 5) is 22.7. The van der Waals surface area contributed by atoms with Gasteiger partial charge in [0, 0.05) is 49.9 Å². The summed E-state index contributed by atoms with van der Waals surface area (Å²) in [5.74, 6) is 1.26. The molecule has 1 unspecified atom stereocenters. The maximum absolute atomic E-state index is 13.4. The average molecular weight is 541 g/mol. The highest BCUT2D eigenvalue weighted by atomic mass is 127. The quantitative estimate of drug-likeness (QED) is 0.318. The predicted molar refractivity (Wildman–Crippen MR) is 129 cm³/mol. The molecule has 7 nitrogen and oxygen atoms in total. The molecule has 3 rings (SSSR count). The van der Waals surface area contributed by atoms with Crippen LogP contribution in [0.25, 0.3) is 0 Å². The molecule has 0 radical (unpaired) electrons. The summed E-state index contributed by atoms with van der Waals surface area (Å²) >= 11 is 0. The molecule has 2 aromatic rings. The number of likely N-dealkylation sites (tertiary alicyclic amines) is 1. The molecule has 1 aliphatic rings. The van der Waals surface area contributed by atoms with Crippen LogP contribution in [0.1, 0.15) is 32.3 Å². The molecule has 0 bridgehead atoms. The number of carbonyl (C=O) groups is 1. The topological polar surface area (TPSA) is 78.9 Å². The number of benzene rings is 1. The largest absolute Gasteiger partial charge is 0.439 e. The summed E-state index contributed by atoms with van der Waals surface area (Å²) < 4.78 is 19.2. The second-order valence-corrected chi connectivity index (χ2v) is 7.05. The molecule has 1 aromatic carbocycles. The van der Waals surface area contributed by atoms with Crippen LogP contribution in [0.5, 0.6) is 11.6 Å². The zero-order chi connectivity index (χ0) is 21.3. The molecule has 2 N–H and O–H groups in total. The van der Waals surface area contributed by atoms with Crippen molar-refractivity contribution in [1.29, 1.82) is 0 Å². The maximum atomic E-state index is 13.4. The van der Waals surface area contributed by atoms with Crippen molar-refractivity contribution in [1.82, 2.24) is 20.5 Å². The minimum atomic E-state index is -0.367. The van der Waals surface area contributed by atoms with E-state index in [4.69, 9.17) is 4.74 Å². The van der Waals surface area contributed by atoms with Gasteiger partial charge in [0.05, 0.1) is 6.54 Å². The fraction of sp³-hybridized carbons (Fsp3) is 0.409.